The van der Waals surface area contributed by atoms with Gasteiger partial charge < -0.3 is 15.4 Å². The summed E-state index contributed by atoms with van der Waals surface area (Å²) in [5.41, 5.74) is 0. The molecule has 122 valence electrons. The Bertz CT molecular complexity index is 653. The highest BCUT2D eigenvalue weighted by atomic mass is 16.5. The highest BCUT2D eigenvalue weighted by Gasteiger charge is 2.20. The van der Waals surface area contributed by atoms with Crippen LogP contribution in [0.3, 0.4) is 0 Å². The summed E-state index contributed by atoms with van der Waals surface area (Å²) in [6.07, 6.45) is 7.54. The fraction of sp³-hybridized carbons (Fsp3) is 0.600. The van der Waals surface area contributed by atoms with Gasteiger partial charge in [0.1, 0.15) is 18.0 Å². The van der Waals surface area contributed by atoms with E-state index in [0.717, 1.165) is 57.1 Å². The zero-order valence-corrected chi connectivity index (χ0v) is 13.0. The first kappa shape index (κ1) is 14.4. The molecule has 0 unspecified atom stereocenters. The monoisotopic (exact) mass is 315 g/mol. The molecule has 2 atom stereocenters. The van der Waals surface area contributed by atoms with Crippen LogP contribution < -0.4 is 10.6 Å². The molecule has 4 rings (SSSR count). The highest BCUT2D eigenvalue weighted by Crippen LogP contribution is 2.17. The maximum Gasteiger partial charge on any atom is 0.224 e. The summed E-state index contributed by atoms with van der Waals surface area (Å²) >= 11 is 0. The molecular formula is C15H21N7O. The van der Waals surface area contributed by atoms with Gasteiger partial charge >= 0.3 is 0 Å². The van der Waals surface area contributed by atoms with Crippen LogP contribution in [0.15, 0.2) is 18.6 Å². The van der Waals surface area contributed by atoms with Crippen molar-refractivity contribution in [2.45, 2.75) is 44.3 Å². The van der Waals surface area contributed by atoms with Gasteiger partial charge in [0.05, 0.1) is 19.2 Å². The van der Waals surface area contributed by atoms with Crippen LogP contribution in [0.25, 0.3) is 0 Å². The molecule has 8 heteroatoms. The lowest BCUT2D eigenvalue weighted by atomic mass is 10.1. The number of rotatable bonds is 4. The van der Waals surface area contributed by atoms with Gasteiger partial charge in [-0.25, -0.2) is 14.6 Å². The molecule has 4 heterocycles. The van der Waals surface area contributed by atoms with E-state index in [-0.39, 0.29) is 6.04 Å². The summed E-state index contributed by atoms with van der Waals surface area (Å²) in [4.78, 5) is 13.2. The number of fused-ring (bicyclic) bond motifs is 1. The number of hydrogen-bond donors (Lipinski definition) is 2. The fourth-order valence-electron chi connectivity index (χ4n) is 3.11. The van der Waals surface area contributed by atoms with Crippen molar-refractivity contribution in [3.63, 3.8) is 0 Å². The quantitative estimate of drug-likeness (QED) is 0.872. The maximum atomic E-state index is 5.49. The molecule has 0 saturated carbocycles. The number of nitrogens with one attached hydrogen (secondary N) is 2. The predicted octanol–water partition coefficient (Wildman–Crippen LogP) is 1.09. The maximum absolute atomic E-state index is 5.49. The van der Waals surface area contributed by atoms with E-state index in [2.05, 4.69) is 30.7 Å². The van der Waals surface area contributed by atoms with Crippen LogP contribution in [-0.2, 0) is 17.7 Å². The number of aromatic nitrogens is 5. The highest BCUT2D eigenvalue weighted by molar-refractivity contribution is 5.41. The topological polar surface area (TPSA) is 89.8 Å². The van der Waals surface area contributed by atoms with E-state index >= 15 is 0 Å². The lowest BCUT2D eigenvalue weighted by molar-refractivity contribution is 0.0875. The molecule has 2 N–H and O–H groups in total. The van der Waals surface area contributed by atoms with Crippen LogP contribution in [0.5, 0.6) is 0 Å². The minimum absolute atomic E-state index is 0.275. The Labute approximate surface area is 134 Å². The number of hydrogen-bond acceptors (Lipinski definition) is 7. The van der Waals surface area contributed by atoms with Crippen molar-refractivity contribution < 1.29 is 4.74 Å². The number of anilines is 2. The third-order valence-corrected chi connectivity index (χ3v) is 4.31. The molecule has 0 radical (unpaired) electrons. The van der Waals surface area contributed by atoms with Crippen molar-refractivity contribution in [2.75, 3.05) is 23.8 Å². The minimum Gasteiger partial charge on any atom is -0.379 e. The van der Waals surface area contributed by atoms with E-state index in [9.17, 15) is 0 Å². The summed E-state index contributed by atoms with van der Waals surface area (Å²) in [7, 11) is 0. The number of ether oxygens (including phenoxy) is 1. The Morgan fingerprint density at radius 1 is 1.17 bits per heavy atom. The Hall–Kier alpha value is -2.22. The third-order valence-electron chi connectivity index (χ3n) is 4.31. The molecule has 1 fully saturated rings. The van der Waals surface area contributed by atoms with E-state index in [4.69, 9.17) is 4.74 Å². The second-order valence-corrected chi connectivity index (χ2v) is 6.06. The molecule has 2 aromatic heterocycles. The van der Waals surface area contributed by atoms with Gasteiger partial charge in [-0.15, -0.1) is 0 Å². The van der Waals surface area contributed by atoms with Crippen LogP contribution in [0.2, 0.25) is 0 Å². The Kier molecular flexibility index (Phi) is 4.06. The molecular weight excluding hydrogens is 294 g/mol. The van der Waals surface area contributed by atoms with E-state index in [1.54, 1.807) is 12.5 Å². The molecule has 2 aliphatic heterocycles. The van der Waals surface area contributed by atoms with Crippen molar-refractivity contribution in [3.05, 3.63) is 24.4 Å². The summed E-state index contributed by atoms with van der Waals surface area (Å²) in [5, 5.41) is 11.1. The van der Waals surface area contributed by atoms with Crippen LogP contribution in [0, 0.1) is 0 Å². The fourth-order valence-corrected chi connectivity index (χ4v) is 3.11. The molecule has 0 amide bonds. The first-order chi connectivity index (χ1) is 11.4. The van der Waals surface area contributed by atoms with E-state index in [1.807, 2.05) is 10.7 Å². The number of aryl methyl sites for hydroxylation is 1. The normalized spacial score (nSPS) is 24.0. The average molecular weight is 315 g/mol. The van der Waals surface area contributed by atoms with Gasteiger partial charge in [-0.05, 0) is 25.3 Å². The zero-order chi connectivity index (χ0) is 15.5. The van der Waals surface area contributed by atoms with Gasteiger partial charge in [0.2, 0.25) is 5.95 Å². The molecule has 2 aromatic rings. The van der Waals surface area contributed by atoms with Crippen LogP contribution in [0.4, 0.5) is 11.8 Å². The third kappa shape index (κ3) is 3.42. The molecule has 0 spiro atoms. The van der Waals surface area contributed by atoms with Crippen molar-refractivity contribution in [2.24, 2.45) is 0 Å². The predicted molar refractivity (Wildman–Crippen MR) is 85.2 cm³/mol. The lowest BCUT2D eigenvalue weighted by Gasteiger charge is -2.25. The summed E-state index contributed by atoms with van der Waals surface area (Å²) in [6.45, 7) is 2.40. The largest absolute Gasteiger partial charge is 0.379 e. The Morgan fingerprint density at radius 2 is 2.17 bits per heavy atom. The van der Waals surface area contributed by atoms with Crippen molar-refractivity contribution in [1.82, 2.24) is 24.7 Å². The van der Waals surface area contributed by atoms with E-state index in [1.165, 1.54) is 0 Å². The smallest absolute Gasteiger partial charge is 0.224 e. The van der Waals surface area contributed by atoms with Crippen LogP contribution in [-0.4, -0.2) is 50.0 Å². The van der Waals surface area contributed by atoms with E-state index < -0.39 is 0 Å². The molecule has 0 aromatic carbocycles. The molecule has 1 saturated heterocycles. The van der Waals surface area contributed by atoms with Gasteiger partial charge in [0, 0.05) is 25.3 Å². The van der Waals surface area contributed by atoms with Crippen LogP contribution in [0.1, 0.15) is 25.1 Å². The standard InChI is InChI=1S/C15H21N7O/c1-2-12(9-23-7-1)19-13-5-6-16-15(21-13)20-11-3-4-14-17-10-18-22(14)8-11/h5-6,10-12H,1-4,7-9H2,(H2,16,19,20,21)/t11-,12+/m0/s1. The van der Waals surface area contributed by atoms with E-state index in [0.29, 0.717) is 12.0 Å². The van der Waals surface area contributed by atoms with Gasteiger partial charge in [-0.1, -0.05) is 0 Å². The molecule has 8 nitrogen and oxygen atoms in total. The van der Waals surface area contributed by atoms with Crippen molar-refractivity contribution in [1.29, 1.82) is 0 Å². The van der Waals surface area contributed by atoms with Crippen molar-refractivity contribution >= 4 is 11.8 Å². The lowest BCUT2D eigenvalue weighted by Crippen LogP contribution is -2.33. The molecule has 0 bridgehead atoms. The second-order valence-electron chi connectivity index (χ2n) is 6.06. The molecule has 2 aliphatic rings. The molecule has 0 aliphatic carbocycles. The average Bonchev–Trinajstić information content (AvgIpc) is 3.04. The van der Waals surface area contributed by atoms with Gasteiger partial charge in [0.15, 0.2) is 0 Å². The SMILES string of the molecule is c1cc(N[C@@H]2CCCOC2)nc(N[C@H]2CCc3ncnn3C2)n1. The van der Waals surface area contributed by atoms with Crippen molar-refractivity contribution in [3.8, 4) is 0 Å². The van der Waals surface area contributed by atoms with Crippen LogP contribution >= 0.6 is 0 Å². The van der Waals surface area contributed by atoms with Gasteiger partial charge in [-0.2, -0.15) is 10.1 Å². The Balaban J connectivity index is 1.38. The summed E-state index contributed by atoms with van der Waals surface area (Å²) in [6, 6.07) is 2.51. The number of nitrogens with zero attached hydrogens (tertiary/aromatic N) is 5. The minimum atomic E-state index is 0.275. The molecule has 23 heavy (non-hydrogen) atoms. The first-order valence-corrected chi connectivity index (χ1v) is 8.17. The first-order valence-electron chi connectivity index (χ1n) is 8.17. The van der Waals surface area contributed by atoms with Gasteiger partial charge in [0.25, 0.3) is 0 Å². The second kappa shape index (κ2) is 6.49. The Morgan fingerprint density at radius 3 is 3.09 bits per heavy atom. The summed E-state index contributed by atoms with van der Waals surface area (Å²) in [5.74, 6) is 2.55. The zero-order valence-electron chi connectivity index (χ0n) is 13.0. The summed E-state index contributed by atoms with van der Waals surface area (Å²) < 4.78 is 7.44. The van der Waals surface area contributed by atoms with Gasteiger partial charge in [-0.3, -0.25) is 0 Å².